The summed E-state index contributed by atoms with van der Waals surface area (Å²) in [5, 5.41) is 10.3. The van der Waals surface area contributed by atoms with E-state index in [0.717, 1.165) is 23.9 Å². The number of aromatic nitrogens is 2. The van der Waals surface area contributed by atoms with Crippen LogP contribution in [0, 0.1) is 0 Å². The zero-order valence-electron chi connectivity index (χ0n) is 13.6. The minimum absolute atomic E-state index is 0.000998. The summed E-state index contributed by atoms with van der Waals surface area (Å²) < 4.78 is 7.10. The second-order valence-electron chi connectivity index (χ2n) is 6.39. The average molecular weight is 317 g/mol. The number of hydrogen-bond acceptors (Lipinski definition) is 4. The van der Waals surface area contributed by atoms with E-state index in [1.54, 1.807) is 4.90 Å². The number of benzene rings is 1. The molecule has 1 aliphatic heterocycles. The van der Waals surface area contributed by atoms with Gasteiger partial charge in [-0.15, -0.1) is 0 Å². The van der Waals surface area contributed by atoms with Crippen molar-refractivity contribution in [1.82, 2.24) is 14.5 Å². The Labute approximate surface area is 135 Å². The zero-order chi connectivity index (χ0) is 16.4. The Morgan fingerprint density at radius 3 is 3.04 bits per heavy atom. The quantitative estimate of drug-likeness (QED) is 0.930. The van der Waals surface area contributed by atoms with Crippen LogP contribution in [0.2, 0.25) is 0 Å². The van der Waals surface area contributed by atoms with Gasteiger partial charge in [-0.05, 0) is 31.9 Å². The van der Waals surface area contributed by atoms with E-state index in [-0.39, 0.29) is 18.6 Å². The maximum atomic E-state index is 12.6. The van der Waals surface area contributed by atoms with E-state index < -0.39 is 5.60 Å². The van der Waals surface area contributed by atoms with Gasteiger partial charge in [0.2, 0.25) is 0 Å². The van der Waals surface area contributed by atoms with Crippen molar-refractivity contribution in [2.45, 2.75) is 31.4 Å². The molecule has 1 saturated heterocycles. The molecule has 1 fully saturated rings. The van der Waals surface area contributed by atoms with Crippen LogP contribution in [0.5, 0.6) is 0 Å². The van der Waals surface area contributed by atoms with Crippen molar-refractivity contribution in [3.8, 4) is 0 Å². The molecule has 1 aliphatic rings. The molecule has 124 valence electrons. The number of hydrogen-bond donors (Lipinski definition) is 1. The normalized spacial score (nSPS) is 21.3. The van der Waals surface area contributed by atoms with Gasteiger partial charge in [0.15, 0.2) is 5.60 Å². The number of aliphatic hydroxyl groups is 1. The third-order valence-electron chi connectivity index (χ3n) is 4.44. The minimum atomic E-state index is -1.48. The van der Waals surface area contributed by atoms with Gasteiger partial charge in [-0.25, -0.2) is 4.98 Å². The van der Waals surface area contributed by atoms with Crippen molar-refractivity contribution in [2.24, 2.45) is 0 Å². The number of piperidine rings is 1. The lowest BCUT2D eigenvalue weighted by molar-refractivity contribution is -0.156. The molecule has 1 N–H and O–H groups in total. The second kappa shape index (κ2) is 6.29. The van der Waals surface area contributed by atoms with Gasteiger partial charge in [0, 0.05) is 20.2 Å². The molecule has 1 amide bonds. The van der Waals surface area contributed by atoms with E-state index in [9.17, 15) is 9.90 Å². The van der Waals surface area contributed by atoms with Crippen LogP contribution in [-0.4, -0.2) is 57.9 Å². The molecule has 6 nitrogen and oxygen atoms in total. The van der Waals surface area contributed by atoms with E-state index >= 15 is 0 Å². The van der Waals surface area contributed by atoms with Crippen molar-refractivity contribution in [1.29, 1.82) is 0 Å². The predicted molar refractivity (Wildman–Crippen MR) is 87.1 cm³/mol. The summed E-state index contributed by atoms with van der Waals surface area (Å²) in [6.07, 6.45) is 3.75. The summed E-state index contributed by atoms with van der Waals surface area (Å²) in [5.41, 5.74) is 0.561. The summed E-state index contributed by atoms with van der Waals surface area (Å²) in [6, 6.07) is 8.18. The Morgan fingerprint density at radius 1 is 1.48 bits per heavy atom. The number of methoxy groups -OCH3 is 1. The number of para-hydroxylation sites is 2. The fraction of sp³-hybridized carbons (Fsp3) is 0.529. The SMILES string of the molecule is COC[C@](C)(O)C(=O)N1CCC[C@H](n2cnc3ccccc32)C1. The fourth-order valence-electron chi connectivity index (χ4n) is 3.32. The number of amides is 1. The van der Waals surface area contributed by atoms with Gasteiger partial charge in [-0.3, -0.25) is 4.79 Å². The van der Waals surface area contributed by atoms with Crippen molar-refractivity contribution in [3.05, 3.63) is 30.6 Å². The molecule has 3 rings (SSSR count). The maximum Gasteiger partial charge on any atom is 0.256 e. The lowest BCUT2D eigenvalue weighted by atomic mass is 10.0. The molecule has 0 unspecified atom stereocenters. The first kappa shape index (κ1) is 16.0. The van der Waals surface area contributed by atoms with Gasteiger partial charge >= 0.3 is 0 Å². The minimum Gasteiger partial charge on any atom is -0.381 e. The molecule has 2 aromatic rings. The van der Waals surface area contributed by atoms with Crippen molar-refractivity contribution < 1.29 is 14.6 Å². The van der Waals surface area contributed by atoms with Crippen LogP contribution in [0.1, 0.15) is 25.8 Å². The standard InChI is InChI=1S/C17H23N3O3/c1-17(22,11-23-2)16(21)19-9-5-6-13(10-19)20-12-18-14-7-3-4-8-15(14)20/h3-4,7-8,12-13,22H,5-6,9-11H2,1-2H3/t13-,17-/m0/s1. The molecule has 0 aliphatic carbocycles. The molecule has 1 aromatic carbocycles. The first-order chi connectivity index (χ1) is 11.0. The Bertz CT molecular complexity index is 695. The highest BCUT2D eigenvalue weighted by Gasteiger charge is 2.37. The van der Waals surface area contributed by atoms with Crippen LogP contribution >= 0.6 is 0 Å². The number of nitrogens with zero attached hydrogens (tertiary/aromatic N) is 3. The fourth-order valence-corrected chi connectivity index (χ4v) is 3.32. The van der Waals surface area contributed by atoms with Crippen molar-refractivity contribution in [2.75, 3.05) is 26.8 Å². The van der Waals surface area contributed by atoms with E-state index in [0.29, 0.717) is 13.1 Å². The van der Waals surface area contributed by atoms with Crippen LogP contribution in [0.25, 0.3) is 11.0 Å². The number of rotatable bonds is 4. The Kier molecular flexibility index (Phi) is 4.37. The van der Waals surface area contributed by atoms with Gasteiger partial charge in [-0.2, -0.15) is 0 Å². The molecule has 0 saturated carbocycles. The third kappa shape index (κ3) is 3.09. The Morgan fingerprint density at radius 2 is 2.26 bits per heavy atom. The summed E-state index contributed by atoms with van der Waals surface area (Å²) in [4.78, 5) is 18.7. The van der Waals surface area contributed by atoms with Crippen LogP contribution in [0.3, 0.4) is 0 Å². The number of carbonyl (C=O) groups is 1. The smallest absolute Gasteiger partial charge is 0.256 e. The molecular formula is C17H23N3O3. The van der Waals surface area contributed by atoms with E-state index in [4.69, 9.17) is 4.74 Å². The van der Waals surface area contributed by atoms with Gasteiger partial charge in [0.1, 0.15) is 0 Å². The number of likely N-dealkylation sites (tertiary alicyclic amines) is 1. The topological polar surface area (TPSA) is 67.6 Å². The van der Waals surface area contributed by atoms with Gasteiger partial charge in [0.05, 0.1) is 30.0 Å². The highest BCUT2D eigenvalue weighted by atomic mass is 16.5. The van der Waals surface area contributed by atoms with Crippen molar-refractivity contribution in [3.63, 3.8) is 0 Å². The molecule has 23 heavy (non-hydrogen) atoms. The summed E-state index contributed by atoms with van der Waals surface area (Å²) in [7, 11) is 1.48. The molecule has 0 bridgehead atoms. The van der Waals surface area contributed by atoms with Gasteiger partial charge in [0.25, 0.3) is 5.91 Å². The van der Waals surface area contributed by atoms with Crippen LogP contribution in [-0.2, 0) is 9.53 Å². The first-order valence-corrected chi connectivity index (χ1v) is 7.95. The molecule has 1 aromatic heterocycles. The van der Waals surface area contributed by atoms with E-state index in [1.165, 1.54) is 14.0 Å². The van der Waals surface area contributed by atoms with E-state index in [2.05, 4.69) is 9.55 Å². The summed E-state index contributed by atoms with van der Waals surface area (Å²) in [6.45, 7) is 2.76. The number of carbonyl (C=O) groups excluding carboxylic acids is 1. The van der Waals surface area contributed by atoms with Crippen LogP contribution in [0.4, 0.5) is 0 Å². The molecule has 0 radical (unpaired) electrons. The molecule has 2 heterocycles. The molecule has 6 heteroatoms. The average Bonchev–Trinajstić information content (AvgIpc) is 2.98. The molecule has 2 atom stereocenters. The van der Waals surface area contributed by atoms with E-state index in [1.807, 2.05) is 30.6 Å². The molecular weight excluding hydrogens is 294 g/mol. The number of imidazole rings is 1. The Hall–Kier alpha value is -1.92. The lowest BCUT2D eigenvalue weighted by Gasteiger charge is -2.37. The molecule has 0 spiro atoms. The highest BCUT2D eigenvalue weighted by molar-refractivity contribution is 5.85. The van der Waals surface area contributed by atoms with Crippen LogP contribution in [0.15, 0.2) is 30.6 Å². The predicted octanol–water partition coefficient (Wildman–Crippen LogP) is 1.60. The monoisotopic (exact) mass is 317 g/mol. The summed E-state index contributed by atoms with van der Waals surface area (Å²) in [5.74, 6) is -0.270. The largest absolute Gasteiger partial charge is 0.381 e. The highest BCUT2D eigenvalue weighted by Crippen LogP contribution is 2.27. The number of ether oxygens (including phenoxy) is 1. The zero-order valence-corrected chi connectivity index (χ0v) is 13.6. The Balaban J connectivity index is 1.80. The van der Waals surface area contributed by atoms with Gasteiger partial charge in [-0.1, -0.05) is 12.1 Å². The van der Waals surface area contributed by atoms with Crippen molar-refractivity contribution >= 4 is 16.9 Å². The third-order valence-corrected chi connectivity index (χ3v) is 4.44. The van der Waals surface area contributed by atoms with Crippen LogP contribution < -0.4 is 0 Å². The van der Waals surface area contributed by atoms with Gasteiger partial charge < -0.3 is 19.3 Å². The lowest BCUT2D eigenvalue weighted by Crippen LogP contribution is -2.52. The number of fused-ring (bicyclic) bond motifs is 1. The first-order valence-electron chi connectivity index (χ1n) is 7.95. The summed E-state index contributed by atoms with van der Waals surface area (Å²) >= 11 is 0. The second-order valence-corrected chi connectivity index (χ2v) is 6.39. The maximum absolute atomic E-state index is 12.6.